The van der Waals surface area contributed by atoms with Crippen molar-refractivity contribution < 1.29 is 4.74 Å². The Morgan fingerprint density at radius 1 is 1.31 bits per heavy atom. The third kappa shape index (κ3) is 4.45. The molecule has 0 heterocycles. The van der Waals surface area contributed by atoms with Crippen LogP contribution in [0.5, 0.6) is 5.75 Å². The van der Waals surface area contributed by atoms with E-state index < -0.39 is 0 Å². The zero-order valence-electron chi connectivity index (χ0n) is 10.3. The van der Waals surface area contributed by atoms with Gasteiger partial charge in [-0.15, -0.1) is 11.8 Å². The van der Waals surface area contributed by atoms with Crippen LogP contribution < -0.4 is 10.1 Å². The van der Waals surface area contributed by atoms with Crippen LogP contribution >= 0.6 is 11.8 Å². The Kier molecular flexibility index (Phi) is 6.34. The number of thioether (sulfide) groups is 1. The van der Waals surface area contributed by atoms with Gasteiger partial charge >= 0.3 is 0 Å². The predicted molar refractivity (Wildman–Crippen MR) is 71.5 cm³/mol. The Morgan fingerprint density at radius 2 is 2.00 bits per heavy atom. The van der Waals surface area contributed by atoms with Gasteiger partial charge in [-0.2, -0.15) is 0 Å². The second-order valence-corrected chi connectivity index (χ2v) is 4.64. The zero-order chi connectivity index (χ0) is 11.8. The summed E-state index contributed by atoms with van der Waals surface area (Å²) < 4.78 is 5.92. The first kappa shape index (κ1) is 13.4. The summed E-state index contributed by atoms with van der Waals surface area (Å²) >= 11 is 1.75. The number of hydrogen-bond donors (Lipinski definition) is 1. The molecule has 0 amide bonds. The van der Waals surface area contributed by atoms with Gasteiger partial charge in [0.1, 0.15) is 11.9 Å². The lowest BCUT2D eigenvalue weighted by molar-refractivity contribution is 0.189. The number of rotatable bonds is 7. The first-order chi connectivity index (χ1) is 7.80. The molecule has 0 fully saturated rings. The summed E-state index contributed by atoms with van der Waals surface area (Å²) in [6.07, 6.45) is 4.59. The lowest BCUT2D eigenvalue weighted by atomic mass is 10.2. The monoisotopic (exact) mass is 239 g/mol. The van der Waals surface area contributed by atoms with Gasteiger partial charge in [0, 0.05) is 11.4 Å². The highest BCUT2D eigenvalue weighted by molar-refractivity contribution is 7.98. The minimum atomic E-state index is 0.273. The van der Waals surface area contributed by atoms with Crippen molar-refractivity contribution in [1.29, 1.82) is 0 Å². The normalized spacial score (nSPS) is 12.4. The summed E-state index contributed by atoms with van der Waals surface area (Å²) in [6, 6.07) is 8.29. The van der Waals surface area contributed by atoms with Gasteiger partial charge in [0.25, 0.3) is 0 Å². The minimum Gasteiger partial charge on any atom is -0.489 e. The Labute approximate surface area is 103 Å². The van der Waals surface area contributed by atoms with Crippen LogP contribution in [-0.4, -0.2) is 26.0 Å². The van der Waals surface area contributed by atoms with Crippen molar-refractivity contribution in [3.8, 4) is 5.75 Å². The highest BCUT2D eigenvalue weighted by Gasteiger charge is 2.07. The number of benzene rings is 1. The van der Waals surface area contributed by atoms with Gasteiger partial charge in [0.05, 0.1) is 0 Å². The van der Waals surface area contributed by atoms with Crippen molar-refractivity contribution in [2.24, 2.45) is 0 Å². The van der Waals surface area contributed by atoms with Crippen LogP contribution in [0.3, 0.4) is 0 Å². The van der Waals surface area contributed by atoms with Crippen LogP contribution in [0.4, 0.5) is 0 Å². The molecule has 0 aliphatic carbocycles. The number of ether oxygens (including phenoxy) is 1. The van der Waals surface area contributed by atoms with E-state index in [1.54, 1.807) is 11.8 Å². The van der Waals surface area contributed by atoms with Crippen molar-refractivity contribution in [3.63, 3.8) is 0 Å². The van der Waals surface area contributed by atoms with Crippen LogP contribution in [0.15, 0.2) is 29.2 Å². The number of nitrogens with one attached hydrogen (secondary N) is 1. The molecule has 0 aliphatic heterocycles. The predicted octanol–water partition coefficient (Wildman–Crippen LogP) is 3.18. The van der Waals surface area contributed by atoms with Crippen molar-refractivity contribution in [2.45, 2.75) is 30.8 Å². The Balaban J connectivity index is 2.54. The third-order valence-electron chi connectivity index (χ3n) is 2.40. The lowest BCUT2D eigenvalue weighted by Crippen LogP contribution is -2.28. The number of hydrogen-bond acceptors (Lipinski definition) is 3. The van der Waals surface area contributed by atoms with Crippen molar-refractivity contribution in [2.75, 3.05) is 19.8 Å². The van der Waals surface area contributed by atoms with Crippen LogP contribution in [-0.2, 0) is 0 Å². The van der Waals surface area contributed by atoms with Crippen LogP contribution in [0.25, 0.3) is 0 Å². The van der Waals surface area contributed by atoms with Crippen LogP contribution in [0.1, 0.15) is 19.8 Å². The van der Waals surface area contributed by atoms with Crippen molar-refractivity contribution >= 4 is 11.8 Å². The fourth-order valence-electron chi connectivity index (χ4n) is 1.60. The summed E-state index contributed by atoms with van der Waals surface area (Å²) in [4.78, 5) is 1.27. The van der Waals surface area contributed by atoms with E-state index >= 15 is 0 Å². The maximum Gasteiger partial charge on any atom is 0.119 e. The first-order valence-corrected chi connectivity index (χ1v) is 6.98. The molecule has 0 bridgehead atoms. The molecule has 0 spiro atoms. The minimum absolute atomic E-state index is 0.273. The molecule has 16 heavy (non-hydrogen) atoms. The molecule has 1 aromatic carbocycles. The fraction of sp³-hybridized carbons (Fsp3) is 0.538. The quantitative estimate of drug-likeness (QED) is 0.738. The maximum atomic E-state index is 5.92. The second kappa shape index (κ2) is 7.58. The molecule has 90 valence electrons. The molecular formula is C13H21NOS. The van der Waals surface area contributed by atoms with Gasteiger partial charge in [-0.1, -0.05) is 13.3 Å². The van der Waals surface area contributed by atoms with E-state index in [0.29, 0.717) is 0 Å². The second-order valence-electron chi connectivity index (χ2n) is 3.76. The van der Waals surface area contributed by atoms with Crippen LogP contribution in [0.2, 0.25) is 0 Å². The van der Waals surface area contributed by atoms with E-state index in [9.17, 15) is 0 Å². The van der Waals surface area contributed by atoms with E-state index in [0.717, 1.165) is 25.1 Å². The Hall–Kier alpha value is -0.670. The Bertz CT molecular complexity index is 280. The molecule has 1 N–H and O–H groups in total. The standard InChI is InChI=1S/C13H21NOS/c1-4-5-12(10-14-2)15-11-6-8-13(16-3)9-7-11/h6-9,12,14H,4-5,10H2,1-3H3. The smallest absolute Gasteiger partial charge is 0.119 e. The molecular weight excluding hydrogens is 218 g/mol. The summed E-state index contributed by atoms with van der Waals surface area (Å²) in [7, 11) is 1.96. The Morgan fingerprint density at radius 3 is 2.50 bits per heavy atom. The maximum absolute atomic E-state index is 5.92. The van der Waals surface area contributed by atoms with E-state index in [2.05, 4.69) is 30.6 Å². The largest absolute Gasteiger partial charge is 0.489 e. The van der Waals surface area contributed by atoms with Gasteiger partial charge in [-0.25, -0.2) is 0 Å². The molecule has 0 saturated heterocycles. The molecule has 0 aliphatic rings. The molecule has 3 heteroatoms. The molecule has 0 radical (unpaired) electrons. The van der Waals surface area contributed by atoms with E-state index in [1.165, 1.54) is 4.90 Å². The molecule has 1 rings (SSSR count). The highest BCUT2D eigenvalue weighted by Crippen LogP contribution is 2.20. The van der Waals surface area contributed by atoms with Crippen molar-refractivity contribution in [1.82, 2.24) is 5.32 Å². The van der Waals surface area contributed by atoms with E-state index in [1.807, 2.05) is 19.2 Å². The summed E-state index contributed by atoms with van der Waals surface area (Å²) in [6.45, 7) is 3.08. The van der Waals surface area contributed by atoms with E-state index in [-0.39, 0.29) is 6.10 Å². The highest BCUT2D eigenvalue weighted by atomic mass is 32.2. The van der Waals surface area contributed by atoms with Gasteiger partial charge in [-0.05, 0) is 44.0 Å². The molecule has 0 saturated carbocycles. The van der Waals surface area contributed by atoms with Gasteiger partial charge in [-0.3, -0.25) is 0 Å². The molecule has 0 aromatic heterocycles. The fourth-order valence-corrected chi connectivity index (χ4v) is 2.01. The van der Waals surface area contributed by atoms with Gasteiger partial charge in [0.15, 0.2) is 0 Å². The first-order valence-electron chi connectivity index (χ1n) is 5.75. The zero-order valence-corrected chi connectivity index (χ0v) is 11.1. The topological polar surface area (TPSA) is 21.3 Å². The molecule has 1 aromatic rings. The summed E-state index contributed by atoms with van der Waals surface area (Å²) in [5.74, 6) is 0.964. The van der Waals surface area contributed by atoms with E-state index in [4.69, 9.17) is 4.74 Å². The van der Waals surface area contributed by atoms with Crippen molar-refractivity contribution in [3.05, 3.63) is 24.3 Å². The van der Waals surface area contributed by atoms with Gasteiger partial charge < -0.3 is 10.1 Å². The summed E-state index contributed by atoms with van der Waals surface area (Å²) in [5.41, 5.74) is 0. The summed E-state index contributed by atoms with van der Waals surface area (Å²) in [5, 5.41) is 3.17. The molecule has 1 unspecified atom stereocenters. The van der Waals surface area contributed by atoms with Gasteiger partial charge in [0.2, 0.25) is 0 Å². The average molecular weight is 239 g/mol. The average Bonchev–Trinajstić information content (AvgIpc) is 2.31. The molecule has 1 atom stereocenters. The lowest BCUT2D eigenvalue weighted by Gasteiger charge is -2.18. The SMILES string of the molecule is CCCC(CNC)Oc1ccc(SC)cc1. The third-order valence-corrected chi connectivity index (χ3v) is 3.15. The van der Waals surface area contributed by atoms with Crippen LogP contribution in [0, 0.1) is 0 Å². The number of likely N-dealkylation sites (N-methyl/N-ethyl adjacent to an activating group) is 1. The molecule has 2 nitrogen and oxygen atoms in total.